The van der Waals surface area contributed by atoms with E-state index in [1.54, 1.807) is 30.5 Å². The molecule has 2 heterocycles. The van der Waals surface area contributed by atoms with E-state index in [2.05, 4.69) is 15.0 Å². The number of nitrogens with one attached hydrogen (secondary N) is 2. The smallest absolute Gasteiger partial charge is 0.314 e. The largest absolute Gasteiger partial charge is 0.316 e. The number of aromatic amines is 2. The van der Waals surface area contributed by atoms with Crippen molar-refractivity contribution in [1.82, 2.24) is 15.0 Å². The lowest BCUT2D eigenvalue weighted by Crippen LogP contribution is -2.28. The van der Waals surface area contributed by atoms with Crippen molar-refractivity contribution in [3.63, 3.8) is 0 Å². The summed E-state index contributed by atoms with van der Waals surface area (Å²) in [4.78, 5) is 43.5. The maximum atomic E-state index is 12.2. The van der Waals surface area contributed by atoms with Crippen LogP contribution in [0, 0.1) is 0 Å². The molecule has 6 nitrogen and oxygen atoms in total. The summed E-state index contributed by atoms with van der Waals surface area (Å²) in [5, 5.41) is 0. The highest BCUT2D eigenvalue weighted by Crippen LogP contribution is 2.13. The number of pyridine rings is 1. The number of ketones is 1. The molecule has 0 fully saturated rings. The van der Waals surface area contributed by atoms with Gasteiger partial charge in [0, 0.05) is 23.5 Å². The third-order valence-corrected chi connectivity index (χ3v) is 2.91. The number of benzene rings is 1. The van der Waals surface area contributed by atoms with Crippen molar-refractivity contribution in [2.45, 2.75) is 0 Å². The second-order valence-corrected chi connectivity index (χ2v) is 4.24. The zero-order chi connectivity index (χ0) is 14.1. The van der Waals surface area contributed by atoms with Crippen molar-refractivity contribution < 1.29 is 4.79 Å². The van der Waals surface area contributed by atoms with E-state index in [1.807, 2.05) is 0 Å². The van der Waals surface area contributed by atoms with Gasteiger partial charge >= 0.3 is 11.1 Å². The van der Waals surface area contributed by atoms with E-state index in [0.29, 0.717) is 22.2 Å². The molecule has 2 aromatic heterocycles. The fraction of sp³-hybridized carbons (Fsp3) is 0. The quantitative estimate of drug-likeness (QED) is 0.531. The van der Waals surface area contributed by atoms with Crippen LogP contribution in [0.25, 0.3) is 11.0 Å². The molecule has 2 N–H and O–H groups in total. The Bertz CT molecular complexity index is 910. The number of aromatic nitrogens is 3. The predicted molar refractivity (Wildman–Crippen MR) is 72.9 cm³/mol. The van der Waals surface area contributed by atoms with E-state index < -0.39 is 11.1 Å². The SMILES string of the molecule is O=C(c1cccnc1)c1ccc2[nH]c(=O)c(=O)[nH]c2c1. The van der Waals surface area contributed by atoms with E-state index in [-0.39, 0.29) is 5.78 Å². The van der Waals surface area contributed by atoms with Gasteiger partial charge in [0.1, 0.15) is 0 Å². The Kier molecular flexibility index (Phi) is 2.76. The summed E-state index contributed by atoms with van der Waals surface area (Å²) >= 11 is 0. The molecule has 20 heavy (non-hydrogen) atoms. The molecule has 0 radical (unpaired) electrons. The van der Waals surface area contributed by atoms with E-state index >= 15 is 0 Å². The third-order valence-electron chi connectivity index (χ3n) is 2.91. The molecule has 0 aliphatic heterocycles. The van der Waals surface area contributed by atoms with Crippen LogP contribution in [0.15, 0.2) is 52.3 Å². The van der Waals surface area contributed by atoms with Crippen molar-refractivity contribution in [2.24, 2.45) is 0 Å². The average Bonchev–Trinajstić information content (AvgIpc) is 2.48. The Morgan fingerprint density at radius 2 is 1.70 bits per heavy atom. The van der Waals surface area contributed by atoms with Gasteiger partial charge in [0.05, 0.1) is 11.0 Å². The lowest BCUT2D eigenvalue weighted by molar-refractivity contribution is 0.103. The molecule has 0 amide bonds. The van der Waals surface area contributed by atoms with E-state index in [4.69, 9.17) is 0 Å². The number of hydrogen-bond acceptors (Lipinski definition) is 4. The lowest BCUT2D eigenvalue weighted by atomic mass is 10.0. The molecule has 0 bridgehead atoms. The lowest BCUT2D eigenvalue weighted by Gasteiger charge is -2.02. The molecule has 0 aliphatic carbocycles. The van der Waals surface area contributed by atoms with Crippen LogP contribution >= 0.6 is 0 Å². The first-order chi connectivity index (χ1) is 9.65. The molecule has 98 valence electrons. The minimum Gasteiger partial charge on any atom is -0.316 e. The van der Waals surface area contributed by atoms with Crippen LogP contribution in [-0.2, 0) is 0 Å². The Labute approximate surface area is 112 Å². The minimum atomic E-state index is -0.747. The molecule has 3 rings (SSSR count). The normalized spacial score (nSPS) is 10.6. The highest BCUT2D eigenvalue weighted by Gasteiger charge is 2.10. The summed E-state index contributed by atoms with van der Waals surface area (Å²) in [7, 11) is 0. The average molecular weight is 267 g/mol. The standard InChI is InChI=1S/C14H9N3O3/c18-12(9-2-1-5-15-7-9)8-3-4-10-11(6-8)17-14(20)13(19)16-10/h1-7H,(H,16,19)(H,17,20). The highest BCUT2D eigenvalue weighted by atomic mass is 16.2. The molecule has 0 atom stereocenters. The van der Waals surface area contributed by atoms with Crippen LogP contribution < -0.4 is 11.1 Å². The number of rotatable bonds is 2. The Balaban J connectivity index is 2.14. The minimum absolute atomic E-state index is 0.202. The first-order valence-electron chi connectivity index (χ1n) is 5.86. The van der Waals surface area contributed by atoms with Crippen LogP contribution in [0.5, 0.6) is 0 Å². The molecular formula is C14H9N3O3. The van der Waals surface area contributed by atoms with Gasteiger partial charge in [0.2, 0.25) is 0 Å². The molecule has 3 aromatic rings. The summed E-state index contributed by atoms with van der Waals surface area (Å²) < 4.78 is 0. The molecule has 0 unspecified atom stereocenters. The van der Waals surface area contributed by atoms with Crippen LogP contribution in [0.2, 0.25) is 0 Å². The molecule has 0 aliphatic rings. The molecule has 0 saturated carbocycles. The summed E-state index contributed by atoms with van der Waals surface area (Å²) in [6.45, 7) is 0. The molecule has 0 saturated heterocycles. The van der Waals surface area contributed by atoms with Crippen molar-refractivity contribution in [1.29, 1.82) is 0 Å². The summed E-state index contributed by atoms with van der Waals surface area (Å²) in [5.41, 5.74) is 0.279. The topological polar surface area (TPSA) is 95.7 Å². The molecule has 1 aromatic carbocycles. The van der Waals surface area contributed by atoms with Gasteiger partial charge < -0.3 is 9.97 Å². The fourth-order valence-electron chi connectivity index (χ4n) is 1.92. The summed E-state index contributed by atoms with van der Waals surface area (Å²) in [6.07, 6.45) is 3.06. The maximum absolute atomic E-state index is 12.2. The third kappa shape index (κ3) is 2.03. The number of hydrogen-bond donors (Lipinski definition) is 2. The Hall–Kier alpha value is -3.02. The van der Waals surface area contributed by atoms with E-state index in [0.717, 1.165) is 0 Å². The molecule has 0 spiro atoms. The van der Waals surface area contributed by atoms with Crippen LogP contribution in [0.4, 0.5) is 0 Å². The number of nitrogens with zero attached hydrogens (tertiary/aromatic N) is 1. The first kappa shape index (κ1) is 12.0. The van der Waals surface area contributed by atoms with E-state index in [1.165, 1.54) is 12.3 Å². The van der Waals surface area contributed by atoms with Gasteiger partial charge in [-0.15, -0.1) is 0 Å². The molecular weight excluding hydrogens is 258 g/mol. The molecule has 6 heteroatoms. The van der Waals surface area contributed by atoms with Crippen molar-refractivity contribution in [3.05, 3.63) is 74.6 Å². The van der Waals surface area contributed by atoms with Gasteiger partial charge in [-0.2, -0.15) is 0 Å². The zero-order valence-corrected chi connectivity index (χ0v) is 10.2. The monoisotopic (exact) mass is 267 g/mol. The van der Waals surface area contributed by atoms with Crippen LogP contribution in [0.1, 0.15) is 15.9 Å². The van der Waals surface area contributed by atoms with E-state index in [9.17, 15) is 14.4 Å². The first-order valence-corrected chi connectivity index (χ1v) is 5.86. The van der Waals surface area contributed by atoms with Crippen LogP contribution in [0.3, 0.4) is 0 Å². The Morgan fingerprint density at radius 3 is 2.40 bits per heavy atom. The van der Waals surface area contributed by atoms with Gasteiger partial charge in [0.15, 0.2) is 5.78 Å². The van der Waals surface area contributed by atoms with Gasteiger partial charge in [-0.3, -0.25) is 19.4 Å². The maximum Gasteiger partial charge on any atom is 0.314 e. The number of carbonyl (C=O) groups excluding carboxylic acids is 1. The second kappa shape index (κ2) is 4.58. The summed E-state index contributed by atoms with van der Waals surface area (Å²) in [5.74, 6) is -0.202. The van der Waals surface area contributed by atoms with Crippen LogP contribution in [-0.4, -0.2) is 20.7 Å². The van der Waals surface area contributed by atoms with Crippen molar-refractivity contribution >= 4 is 16.8 Å². The Morgan fingerprint density at radius 1 is 0.950 bits per heavy atom. The number of fused-ring (bicyclic) bond motifs is 1. The highest BCUT2D eigenvalue weighted by molar-refractivity contribution is 6.10. The van der Waals surface area contributed by atoms with Gasteiger partial charge in [0.25, 0.3) is 0 Å². The number of H-pyrrole nitrogens is 2. The predicted octanol–water partition coefficient (Wildman–Crippen LogP) is 0.842. The van der Waals surface area contributed by atoms with Gasteiger partial charge in [-0.25, -0.2) is 0 Å². The second-order valence-electron chi connectivity index (χ2n) is 4.24. The fourth-order valence-corrected chi connectivity index (χ4v) is 1.92. The zero-order valence-electron chi connectivity index (χ0n) is 10.2. The number of carbonyl (C=O) groups is 1. The van der Waals surface area contributed by atoms with Crippen molar-refractivity contribution in [2.75, 3.05) is 0 Å². The van der Waals surface area contributed by atoms with Gasteiger partial charge in [-0.05, 0) is 30.3 Å². The van der Waals surface area contributed by atoms with Crippen molar-refractivity contribution in [3.8, 4) is 0 Å². The van der Waals surface area contributed by atoms with Gasteiger partial charge in [-0.1, -0.05) is 0 Å². The summed E-state index contributed by atoms with van der Waals surface area (Å²) in [6, 6.07) is 8.03.